The zero-order valence-electron chi connectivity index (χ0n) is 9.89. The van der Waals surface area contributed by atoms with Gasteiger partial charge in [-0.1, -0.05) is 0 Å². The van der Waals surface area contributed by atoms with Gasteiger partial charge >= 0.3 is 0 Å². The van der Waals surface area contributed by atoms with Gasteiger partial charge in [-0.3, -0.25) is 4.90 Å². The van der Waals surface area contributed by atoms with E-state index >= 15 is 0 Å². The summed E-state index contributed by atoms with van der Waals surface area (Å²) in [6.07, 6.45) is 4.38. The van der Waals surface area contributed by atoms with Crippen molar-refractivity contribution in [3.8, 4) is 0 Å². The van der Waals surface area contributed by atoms with Crippen LogP contribution in [0, 0.1) is 6.92 Å². The Morgan fingerprint density at radius 3 is 3.18 bits per heavy atom. The van der Waals surface area contributed by atoms with Crippen LogP contribution >= 0.6 is 0 Å². The molecule has 2 aromatic rings. The van der Waals surface area contributed by atoms with E-state index in [0.717, 1.165) is 13.1 Å². The molecule has 1 atom stereocenters. The molecule has 1 aliphatic heterocycles. The second-order valence-corrected chi connectivity index (χ2v) is 4.47. The summed E-state index contributed by atoms with van der Waals surface area (Å²) in [5, 5.41) is 7.92. The first-order chi connectivity index (χ1) is 8.33. The molecule has 0 amide bonds. The van der Waals surface area contributed by atoms with Crippen LogP contribution in [0.4, 0.5) is 0 Å². The van der Waals surface area contributed by atoms with Crippen LogP contribution in [-0.4, -0.2) is 26.6 Å². The average molecular weight is 232 g/mol. The van der Waals surface area contributed by atoms with Gasteiger partial charge < -0.3 is 9.40 Å². The number of likely N-dealkylation sites (tertiary alicyclic amines) is 1. The highest BCUT2D eigenvalue weighted by Crippen LogP contribution is 2.31. The standard InChI is InChI=1S/C12H16N4O/c1-9-14-15-12(17-9)8-16-7-3-5-11(16)10-4-2-6-13-10/h2,4,6,11,13H,3,5,7-8H2,1H3. The van der Waals surface area contributed by atoms with E-state index in [4.69, 9.17) is 4.42 Å². The minimum atomic E-state index is 0.456. The van der Waals surface area contributed by atoms with E-state index in [1.807, 2.05) is 19.2 Å². The molecule has 3 rings (SSSR count). The lowest BCUT2D eigenvalue weighted by molar-refractivity contribution is 0.219. The number of hydrogen-bond donors (Lipinski definition) is 1. The lowest BCUT2D eigenvalue weighted by Gasteiger charge is -2.21. The summed E-state index contributed by atoms with van der Waals surface area (Å²) in [5.74, 6) is 1.34. The molecule has 0 spiro atoms. The Labute approximate surface area is 99.8 Å². The van der Waals surface area contributed by atoms with Gasteiger partial charge in [0.2, 0.25) is 11.8 Å². The Bertz CT molecular complexity index is 476. The maximum absolute atomic E-state index is 5.44. The van der Waals surface area contributed by atoms with Gasteiger partial charge in [-0.25, -0.2) is 0 Å². The van der Waals surface area contributed by atoms with Crippen LogP contribution in [0.1, 0.15) is 36.4 Å². The summed E-state index contributed by atoms with van der Waals surface area (Å²) < 4.78 is 5.44. The number of nitrogens with zero attached hydrogens (tertiary/aromatic N) is 3. The van der Waals surface area contributed by atoms with E-state index in [9.17, 15) is 0 Å². The fourth-order valence-corrected chi connectivity index (χ4v) is 2.49. The lowest BCUT2D eigenvalue weighted by Crippen LogP contribution is -2.23. The van der Waals surface area contributed by atoms with Crippen molar-refractivity contribution in [1.82, 2.24) is 20.1 Å². The molecule has 3 heterocycles. The molecule has 1 N–H and O–H groups in total. The third kappa shape index (κ3) is 2.10. The molecule has 0 bridgehead atoms. The van der Waals surface area contributed by atoms with Gasteiger partial charge in [0, 0.05) is 18.8 Å². The number of aryl methyl sites for hydroxylation is 1. The maximum Gasteiger partial charge on any atom is 0.230 e. The minimum absolute atomic E-state index is 0.456. The molecule has 1 aliphatic rings. The van der Waals surface area contributed by atoms with Gasteiger partial charge in [0.15, 0.2) is 0 Å². The van der Waals surface area contributed by atoms with E-state index in [2.05, 4.69) is 26.1 Å². The number of rotatable bonds is 3. The van der Waals surface area contributed by atoms with Gasteiger partial charge in [-0.2, -0.15) is 0 Å². The van der Waals surface area contributed by atoms with E-state index in [1.54, 1.807) is 0 Å². The number of H-pyrrole nitrogens is 1. The average Bonchev–Trinajstić information content (AvgIpc) is 3.00. The van der Waals surface area contributed by atoms with Crippen LogP contribution in [0.3, 0.4) is 0 Å². The molecule has 0 aliphatic carbocycles. The predicted molar refractivity (Wildman–Crippen MR) is 62.2 cm³/mol. The van der Waals surface area contributed by atoms with Crippen LogP contribution < -0.4 is 0 Å². The molecule has 5 nitrogen and oxygen atoms in total. The minimum Gasteiger partial charge on any atom is -0.424 e. The molecule has 90 valence electrons. The summed E-state index contributed by atoms with van der Waals surface area (Å²) in [6.45, 7) is 3.65. The monoisotopic (exact) mass is 232 g/mol. The normalized spacial score (nSPS) is 21.1. The second-order valence-electron chi connectivity index (χ2n) is 4.47. The third-order valence-electron chi connectivity index (χ3n) is 3.25. The maximum atomic E-state index is 5.44. The Morgan fingerprint density at radius 1 is 1.53 bits per heavy atom. The quantitative estimate of drug-likeness (QED) is 0.879. The van der Waals surface area contributed by atoms with Crippen molar-refractivity contribution in [2.45, 2.75) is 32.4 Å². The second kappa shape index (κ2) is 4.33. The zero-order valence-corrected chi connectivity index (χ0v) is 9.89. The SMILES string of the molecule is Cc1nnc(CN2CCCC2c2ccc[nH]2)o1. The number of aromatic amines is 1. The highest BCUT2D eigenvalue weighted by atomic mass is 16.4. The zero-order chi connectivity index (χ0) is 11.7. The van der Waals surface area contributed by atoms with Gasteiger partial charge in [0.05, 0.1) is 12.6 Å². The smallest absolute Gasteiger partial charge is 0.230 e. The van der Waals surface area contributed by atoms with Crippen LogP contribution in [-0.2, 0) is 6.54 Å². The van der Waals surface area contributed by atoms with Crippen molar-refractivity contribution in [2.75, 3.05) is 6.54 Å². The van der Waals surface area contributed by atoms with E-state index < -0.39 is 0 Å². The van der Waals surface area contributed by atoms with Gasteiger partial charge in [0.1, 0.15) is 0 Å². The third-order valence-corrected chi connectivity index (χ3v) is 3.25. The molecule has 2 aromatic heterocycles. The summed E-state index contributed by atoms with van der Waals surface area (Å²) in [7, 11) is 0. The highest BCUT2D eigenvalue weighted by Gasteiger charge is 2.27. The Kier molecular flexibility index (Phi) is 2.68. The van der Waals surface area contributed by atoms with Gasteiger partial charge in [-0.05, 0) is 31.5 Å². The Hall–Kier alpha value is -1.62. The fourth-order valence-electron chi connectivity index (χ4n) is 2.49. The van der Waals surface area contributed by atoms with Crippen molar-refractivity contribution >= 4 is 0 Å². The van der Waals surface area contributed by atoms with E-state index in [1.165, 1.54) is 18.5 Å². The van der Waals surface area contributed by atoms with Crippen LogP contribution in [0.25, 0.3) is 0 Å². The first-order valence-electron chi connectivity index (χ1n) is 5.99. The molecule has 5 heteroatoms. The topological polar surface area (TPSA) is 58.0 Å². The number of hydrogen-bond acceptors (Lipinski definition) is 4. The van der Waals surface area contributed by atoms with Crippen LogP contribution in [0.5, 0.6) is 0 Å². The van der Waals surface area contributed by atoms with Crippen molar-refractivity contribution in [1.29, 1.82) is 0 Å². The van der Waals surface area contributed by atoms with Gasteiger partial charge in [-0.15, -0.1) is 10.2 Å². The lowest BCUT2D eigenvalue weighted by atomic mass is 10.1. The van der Waals surface area contributed by atoms with Crippen LogP contribution in [0.15, 0.2) is 22.7 Å². The Balaban J connectivity index is 1.74. The van der Waals surface area contributed by atoms with Crippen molar-refractivity contribution in [3.63, 3.8) is 0 Å². The number of aromatic nitrogens is 3. The van der Waals surface area contributed by atoms with Crippen molar-refractivity contribution in [3.05, 3.63) is 35.8 Å². The summed E-state index contributed by atoms with van der Waals surface area (Å²) >= 11 is 0. The fraction of sp³-hybridized carbons (Fsp3) is 0.500. The van der Waals surface area contributed by atoms with Gasteiger partial charge in [0.25, 0.3) is 0 Å². The molecule has 0 aromatic carbocycles. The number of nitrogens with one attached hydrogen (secondary N) is 1. The summed E-state index contributed by atoms with van der Waals surface area (Å²) in [5.41, 5.74) is 1.28. The first-order valence-corrected chi connectivity index (χ1v) is 5.99. The predicted octanol–water partition coefficient (Wildman–Crippen LogP) is 2.04. The van der Waals surface area contributed by atoms with Crippen molar-refractivity contribution < 1.29 is 4.42 Å². The van der Waals surface area contributed by atoms with E-state index in [0.29, 0.717) is 17.8 Å². The largest absolute Gasteiger partial charge is 0.424 e. The molecular formula is C12H16N4O. The van der Waals surface area contributed by atoms with E-state index in [-0.39, 0.29) is 0 Å². The molecule has 0 radical (unpaired) electrons. The molecule has 0 saturated carbocycles. The summed E-state index contributed by atoms with van der Waals surface area (Å²) in [6, 6.07) is 4.64. The molecule has 17 heavy (non-hydrogen) atoms. The molecule has 1 unspecified atom stereocenters. The van der Waals surface area contributed by atoms with Crippen molar-refractivity contribution in [2.24, 2.45) is 0 Å². The molecule has 1 fully saturated rings. The highest BCUT2D eigenvalue weighted by molar-refractivity contribution is 5.11. The van der Waals surface area contributed by atoms with Crippen LogP contribution in [0.2, 0.25) is 0 Å². The molecule has 1 saturated heterocycles. The Morgan fingerprint density at radius 2 is 2.47 bits per heavy atom. The molecular weight excluding hydrogens is 216 g/mol. The summed E-state index contributed by atoms with van der Waals surface area (Å²) in [4.78, 5) is 5.68. The first kappa shape index (κ1) is 10.5.